The van der Waals surface area contributed by atoms with Gasteiger partial charge in [0.25, 0.3) is 5.91 Å². The molecule has 0 aromatic heterocycles. The van der Waals surface area contributed by atoms with Crippen LogP contribution < -0.4 is 4.74 Å². The Bertz CT molecular complexity index is 912. The maximum Gasteiger partial charge on any atom is 0.255 e. The third-order valence-corrected chi connectivity index (χ3v) is 6.17. The summed E-state index contributed by atoms with van der Waals surface area (Å²) in [6, 6.07) is 15.3. The van der Waals surface area contributed by atoms with E-state index in [0.717, 1.165) is 29.0 Å². The summed E-state index contributed by atoms with van der Waals surface area (Å²) < 4.78 is 5.73. The van der Waals surface area contributed by atoms with Gasteiger partial charge in [-0.25, -0.2) is 0 Å². The highest BCUT2D eigenvalue weighted by Gasteiger charge is 2.35. The molecule has 0 unspecified atom stereocenters. The van der Waals surface area contributed by atoms with Gasteiger partial charge in [0.15, 0.2) is 11.9 Å². The molecule has 164 valence electrons. The normalized spacial score (nSPS) is 18.2. The Kier molecular flexibility index (Phi) is 6.39. The average Bonchev–Trinajstić information content (AvgIpc) is 3.52. The van der Waals surface area contributed by atoms with Crippen molar-refractivity contribution in [2.45, 2.75) is 57.4 Å². The fourth-order valence-electron chi connectivity index (χ4n) is 3.92. The first-order valence-electron chi connectivity index (χ1n) is 10.9. The Labute approximate surface area is 182 Å². The molecule has 1 saturated carbocycles. The third kappa shape index (κ3) is 5.14. The summed E-state index contributed by atoms with van der Waals surface area (Å²) in [5, 5.41) is 20.7. The van der Waals surface area contributed by atoms with Crippen LogP contribution in [-0.2, 0) is 22.7 Å². The molecule has 4 rings (SSSR count). The molecule has 3 atom stereocenters. The lowest BCUT2D eigenvalue weighted by Crippen LogP contribution is -2.46. The number of aliphatic hydroxyl groups is 2. The molecule has 0 radical (unpaired) electrons. The number of fused-ring (bicyclic) bond motifs is 1. The van der Waals surface area contributed by atoms with Crippen LogP contribution in [0.4, 0.5) is 0 Å². The van der Waals surface area contributed by atoms with Crippen molar-refractivity contribution in [3.8, 4) is 5.75 Å². The number of ketones is 1. The average molecular weight is 424 g/mol. The zero-order valence-corrected chi connectivity index (χ0v) is 17.7. The van der Waals surface area contributed by atoms with E-state index in [1.54, 1.807) is 0 Å². The van der Waals surface area contributed by atoms with Crippen LogP contribution in [0.25, 0.3) is 0 Å². The molecule has 2 aromatic carbocycles. The van der Waals surface area contributed by atoms with Crippen molar-refractivity contribution >= 4 is 11.7 Å². The van der Waals surface area contributed by atoms with Gasteiger partial charge in [-0.1, -0.05) is 43.3 Å². The molecule has 1 aliphatic heterocycles. The summed E-state index contributed by atoms with van der Waals surface area (Å²) >= 11 is 0. The first-order valence-corrected chi connectivity index (χ1v) is 10.9. The molecule has 0 spiro atoms. The van der Waals surface area contributed by atoms with Crippen molar-refractivity contribution in [3.63, 3.8) is 0 Å². The lowest BCUT2D eigenvalue weighted by atomic mass is 9.92. The van der Waals surface area contributed by atoms with Crippen LogP contribution in [0.1, 0.15) is 48.8 Å². The number of benzene rings is 2. The zero-order valence-electron chi connectivity index (χ0n) is 17.7. The minimum atomic E-state index is -1.76. The predicted octanol–water partition coefficient (Wildman–Crippen LogP) is 2.80. The van der Waals surface area contributed by atoms with Gasteiger partial charge >= 0.3 is 0 Å². The quantitative estimate of drug-likeness (QED) is 0.648. The zero-order chi connectivity index (χ0) is 22.0. The van der Waals surface area contributed by atoms with Gasteiger partial charge in [0.2, 0.25) is 0 Å². The number of Topliss-reactive ketones (excluding diaryl/α,β-unsaturated/α-hetero) is 1. The van der Waals surface area contributed by atoms with Crippen molar-refractivity contribution in [2.75, 3.05) is 6.61 Å². The van der Waals surface area contributed by atoms with Crippen LogP contribution in [-0.4, -0.2) is 45.6 Å². The maximum absolute atomic E-state index is 12.6. The molecule has 6 nitrogen and oxygen atoms in total. The summed E-state index contributed by atoms with van der Waals surface area (Å²) in [6.45, 7) is 3.38. The number of hydrogen-bond acceptors (Lipinski definition) is 5. The van der Waals surface area contributed by atoms with Gasteiger partial charge in [0.1, 0.15) is 11.9 Å². The van der Waals surface area contributed by atoms with Gasteiger partial charge in [-0.05, 0) is 53.5 Å². The minimum absolute atomic E-state index is 0.0357. The second kappa shape index (κ2) is 9.20. The number of carbonyl (C=O) groups excluding carboxylic acids is 2. The molecule has 2 aliphatic rings. The van der Waals surface area contributed by atoms with Gasteiger partial charge in [0, 0.05) is 19.5 Å². The van der Waals surface area contributed by atoms with Crippen LogP contribution in [0.2, 0.25) is 0 Å². The molecule has 2 N–H and O–H groups in total. The standard InChI is InChI=1S/C25H29NO5/c1-16(18-8-10-21(11-9-18)31-15-17-6-7-17)12-22(27)23(28)24(29)25(30)26-13-19-4-2-3-5-20(19)14-26/h2-5,8-11,16-17,23-24,28-29H,6-7,12-15H2,1H3/t16-,23-,24+/m0/s1. The van der Waals surface area contributed by atoms with Crippen molar-refractivity contribution in [3.05, 3.63) is 65.2 Å². The van der Waals surface area contributed by atoms with Crippen LogP contribution in [0.15, 0.2) is 48.5 Å². The van der Waals surface area contributed by atoms with E-state index in [2.05, 4.69) is 0 Å². The fraction of sp³-hybridized carbons (Fsp3) is 0.440. The lowest BCUT2D eigenvalue weighted by molar-refractivity contribution is -0.152. The van der Waals surface area contributed by atoms with E-state index < -0.39 is 23.9 Å². The molecule has 0 saturated heterocycles. The van der Waals surface area contributed by atoms with E-state index in [0.29, 0.717) is 19.0 Å². The first kappa shape index (κ1) is 21.5. The van der Waals surface area contributed by atoms with Crippen molar-refractivity contribution in [1.82, 2.24) is 4.90 Å². The summed E-state index contributed by atoms with van der Waals surface area (Å²) in [7, 11) is 0. The van der Waals surface area contributed by atoms with Crippen LogP contribution >= 0.6 is 0 Å². The van der Waals surface area contributed by atoms with Crippen LogP contribution in [0.5, 0.6) is 5.75 Å². The van der Waals surface area contributed by atoms with E-state index >= 15 is 0 Å². The smallest absolute Gasteiger partial charge is 0.255 e. The number of nitrogens with zero attached hydrogens (tertiary/aromatic N) is 1. The summed E-state index contributed by atoms with van der Waals surface area (Å²) in [5.74, 6) is 0.169. The molecule has 1 amide bonds. The van der Waals surface area contributed by atoms with Crippen LogP contribution in [0, 0.1) is 5.92 Å². The Morgan fingerprint density at radius 1 is 1.00 bits per heavy atom. The van der Waals surface area contributed by atoms with Gasteiger partial charge < -0.3 is 19.8 Å². The van der Waals surface area contributed by atoms with Crippen molar-refractivity contribution in [1.29, 1.82) is 0 Å². The molecule has 6 heteroatoms. The molecule has 1 heterocycles. The minimum Gasteiger partial charge on any atom is -0.493 e. The van der Waals surface area contributed by atoms with Gasteiger partial charge in [0.05, 0.1) is 6.61 Å². The molecule has 0 bridgehead atoms. The van der Waals surface area contributed by atoms with E-state index in [1.165, 1.54) is 17.7 Å². The number of rotatable bonds is 9. The summed E-state index contributed by atoms with van der Waals surface area (Å²) in [6.07, 6.45) is -0.988. The number of carbonyl (C=O) groups is 2. The Morgan fingerprint density at radius 3 is 2.19 bits per heavy atom. The predicted molar refractivity (Wildman–Crippen MR) is 115 cm³/mol. The Balaban J connectivity index is 1.29. The molecule has 1 aliphatic carbocycles. The summed E-state index contributed by atoms with van der Waals surface area (Å²) in [4.78, 5) is 26.6. The van der Waals surface area contributed by atoms with Gasteiger partial charge in [-0.2, -0.15) is 0 Å². The number of hydrogen-bond donors (Lipinski definition) is 2. The van der Waals surface area contributed by atoms with Crippen molar-refractivity contribution in [2.24, 2.45) is 5.92 Å². The second-order valence-corrected chi connectivity index (χ2v) is 8.75. The largest absolute Gasteiger partial charge is 0.493 e. The van der Waals surface area contributed by atoms with Crippen LogP contribution in [0.3, 0.4) is 0 Å². The highest BCUT2D eigenvalue weighted by molar-refractivity contribution is 5.92. The SMILES string of the molecule is C[C@@H](CC(=O)[C@H](O)[C@@H](O)C(=O)N1Cc2ccccc2C1)c1ccc(OCC2CC2)cc1. The highest BCUT2D eigenvalue weighted by atomic mass is 16.5. The first-order chi connectivity index (χ1) is 14.9. The molecule has 2 aromatic rings. The Hall–Kier alpha value is -2.70. The third-order valence-electron chi connectivity index (χ3n) is 6.17. The molecule has 31 heavy (non-hydrogen) atoms. The Morgan fingerprint density at radius 2 is 1.61 bits per heavy atom. The number of ether oxygens (including phenoxy) is 1. The lowest BCUT2D eigenvalue weighted by Gasteiger charge is -2.23. The van der Waals surface area contributed by atoms with Crippen molar-refractivity contribution < 1.29 is 24.5 Å². The van der Waals surface area contributed by atoms with E-state index in [1.807, 2.05) is 55.5 Å². The van der Waals surface area contributed by atoms with E-state index in [9.17, 15) is 19.8 Å². The molecular weight excluding hydrogens is 394 g/mol. The maximum atomic E-state index is 12.6. The summed E-state index contributed by atoms with van der Waals surface area (Å²) in [5.41, 5.74) is 2.97. The number of aliphatic hydroxyl groups excluding tert-OH is 2. The highest BCUT2D eigenvalue weighted by Crippen LogP contribution is 2.30. The topological polar surface area (TPSA) is 87.1 Å². The monoisotopic (exact) mass is 423 g/mol. The van der Waals surface area contributed by atoms with E-state index in [-0.39, 0.29) is 12.3 Å². The fourth-order valence-corrected chi connectivity index (χ4v) is 3.92. The van der Waals surface area contributed by atoms with Gasteiger partial charge in [-0.3, -0.25) is 9.59 Å². The number of amides is 1. The van der Waals surface area contributed by atoms with E-state index in [4.69, 9.17) is 4.74 Å². The molecular formula is C25H29NO5. The second-order valence-electron chi connectivity index (χ2n) is 8.75. The van der Waals surface area contributed by atoms with Gasteiger partial charge in [-0.15, -0.1) is 0 Å². The molecule has 1 fully saturated rings.